The van der Waals surface area contributed by atoms with Gasteiger partial charge in [-0.15, -0.1) is 0 Å². The number of fused-ring (bicyclic) bond motifs is 2. The second-order valence-electron chi connectivity index (χ2n) is 7.13. The molecule has 0 spiro atoms. The summed E-state index contributed by atoms with van der Waals surface area (Å²) in [5.74, 6) is 2.01. The van der Waals surface area contributed by atoms with E-state index in [2.05, 4.69) is 32.2 Å². The molecule has 3 rings (SSSR count). The summed E-state index contributed by atoms with van der Waals surface area (Å²) >= 11 is 0. The van der Waals surface area contributed by atoms with Gasteiger partial charge < -0.3 is 9.73 Å². The molecular weight excluding hydrogens is 222 g/mol. The van der Waals surface area contributed by atoms with Gasteiger partial charge in [-0.25, -0.2) is 0 Å². The summed E-state index contributed by atoms with van der Waals surface area (Å²) in [6.45, 7) is 8.41. The van der Waals surface area contributed by atoms with Crippen molar-refractivity contribution in [3.05, 3.63) is 24.2 Å². The Morgan fingerprint density at radius 1 is 1.39 bits per heavy atom. The predicted octanol–water partition coefficient (Wildman–Crippen LogP) is 3.63. The number of hydrogen-bond donors (Lipinski definition) is 1. The highest BCUT2D eigenvalue weighted by Crippen LogP contribution is 2.62. The second kappa shape index (κ2) is 4.12. The van der Waals surface area contributed by atoms with Crippen molar-refractivity contribution in [1.29, 1.82) is 0 Å². The molecule has 3 unspecified atom stereocenters. The number of rotatable bonds is 4. The molecule has 1 heterocycles. The summed E-state index contributed by atoms with van der Waals surface area (Å²) in [5.41, 5.74) is 0.980. The SMILES string of the molecule is CC12CCC(C1)C(C)(C)C2NCCc1ccco1. The zero-order valence-electron chi connectivity index (χ0n) is 11.8. The van der Waals surface area contributed by atoms with Gasteiger partial charge in [0.15, 0.2) is 0 Å². The van der Waals surface area contributed by atoms with Crippen LogP contribution < -0.4 is 5.32 Å². The summed E-state index contributed by atoms with van der Waals surface area (Å²) in [7, 11) is 0. The maximum absolute atomic E-state index is 5.40. The van der Waals surface area contributed by atoms with Gasteiger partial charge in [0, 0.05) is 19.0 Å². The van der Waals surface area contributed by atoms with Crippen molar-refractivity contribution < 1.29 is 4.42 Å². The van der Waals surface area contributed by atoms with E-state index in [0.29, 0.717) is 16.9 Å². The van der Waals surface area contributed by atoms with Crippen LogP contribution in [0.5, 0.6) is 0 Å². The molecule has 2 heteroatoms. The topological polar surface area (TPSA) is 25.2 Å². The highest BCUT2D eigenvalue weighted by molar-refractivity contribution is 5.12. The van der Waals surface area contributed by atoms with Crippen LogP contribution in [-0.4, -0.2) is 12.6 Å². The van der Waals surface area contributed by atoms with Gasteiger partial charge >= 0.3 is 0 Å². The van der Waals surface area contributed by atoms with Crippen LogP contribution in [-0.2, 0) is 6.42 Å². The zero-order valence-corrected chi connectivity index (χ0v) is 11.8. The van der Waals surface area contributed by atoms with Crippen molar-refractivity contribution in [1.82, 2.24) is 5.32 Å². The van der Waals surface area contributed by atoms with Crippen LogP contribution in [0.1, 0.15) is 45.8 Å². The summed E-state index contributed by atoms with van der Waals surface area (Å²) < 4.78 is 5.40. The van der Waals surface area contributed by atoms with E-state index in [9.17, 15) is 0 Å². The monoisotopic (exact) mass is 247 g/mol. The van der Waals surface area contributed by atoms with Crippen molar-refractivity contribution in [2.75, 3.05) is 6.54 Å². The predicted molar refractivity (Wildman–Crippen MR) is 73.4 cm³/mol. The highest BCUT2D eigenvalue weighted by atomic mass is 16.3. The maximum atomic E-state index is 5.40. The molecule has 2 bridgehead atoms. The molecule has 2 saturated carbocycles. The average Bonchev–Trinajstić information content (AvgIpc) is 2.96. The van der Waals surface area contributed by atoms with E-state index < -0.39 is 0 Å². The Labute approximate surface area is 110 Å². The molecule has 0 amide bonds. The van der Waals surface area contributed by atoms with E-state index in [-0.39, 0.29) is 0 Å². The Morgan fingerprint density at radius 2 is 2.22 bits per heavy atom. The van der Waals surface area contributed by atoms with Crippen molar-refractivity contribution in [2.24, 2.45) is 16.7 Å². The summed E-state index contributed by atoms with van der Waals surface area (Å²) in [6, 6.07) is 4.70. The molecule has 2 aliphatic rings. The largest absolute Gasteiger partial charge is 0.469 e. The molecule has 2 aliphatic carbocycles. The third-order valence-electron chi connectivity index (χ3n) is 5.57. The van der Waals surface area contributed by atoms with Gasteiger partial charge in [-0.05, 0) is 48.1 Å². The fraction of sp³-hybridized carbons (Fsp3) is 0.750. The smallest absolute Gasteiger partial charge is 0.105 e. The van der Waals surface area contributed by atoms with Crippen LogP contribution in [0.3, 0.4) is 0 Å². The number of nitrogens with one attached hydrogen (secondary N) is 1. The van der Waals surface area contributed by atoms with E-state index in [0.717, 1.165) is 24.6 Å². The number of hydrogen-bond acceptors (Lipinski definition) is 2. The van der Waals surface area contributed by atoms with E-state index in [1.807, 2.05) is 6.07 Å². The van der Waals surface area contributed by atoms with Crippen LogP contribution in [0, 0.1) is 16.7 Å². The van der Waals surface area contributed by atoms with Crippen LogP contribution in [0.15, 0.2) is 22.8 Å². The average molecular weight is 247 g/mol. The van der Waals surface area contributed by atoms with Gasteiger partial charge in [0.2, 0.25) is 0 Å². The van der Waals surface area contributed by atoms with Gasteiger partial charge in [-0.3, -0.25) is 0 Å². The first-order valence-electron chi connectivity index (χ1n) is 7.28. The molecule has 1 N–H and O–H groups in total. The first kappa shape index (κ1) is 12.3. The lowest BCUT2D eigenvalue weighted by atomic mass is 9.68. The molecular formula is C16H25NO. The Hall–Kier alpha value is -0.760. The van der Waals surface area contributed by atoms with Crippen LogP contribution in [0.4, 0.5) is 0 Å². The van der Waals surface area contributed by atoms with Gasteiger partial charge in [0.1, 0.15) is 5.76 Å². The summed E-state index contributed by atoms with van der Waals surface area (Å²) in [6.07, 6.45) is 7.01. The van der Waals surface area contributed by atoms with Gasteiger partial charge in [-0.2, -0.15) is 0 Å². The molecule has 2 nitrogen and oxygen atoms in total. The van der Waals surface area contributed by atoms with Gasteiger partial charge in [0.25, 0.3) is 0 Å². The molecule has 2 fully saturated rings. The van der Waals surface area contributed by atoms with Crippen molar-refractivity contribution in [3.63, 3.8) is 0 Å². The fourth-order valence-electron chi connectivity index (χ4n) is 4.61. The molecule has 0 radical (unpaired) electrons. The first-order valence-corrected chi connectivity index (χ1v) is 7.28. The zero-order chi connectivity index (χ0) is 12.8. The van der Waals surface area contributed by atoms with Crippen molar-refractivity contribution in [2.45, 2.75) is 52.5 Å². The van der Waals surface area contributed by atoms with Crippen LogP contribution in [0.25, 0.3) is 0 Å². The molecule has 1 aromatic rings. The van der Waals surface area contributed by atoms with E-state index >= 15 is 0 Å². The minimum atomic E-state index is 0.455. The minimum Gasteiger partial charge on any atom is -0.469 e. The normalized spacial score (nSPS) is 37.3. The second-order valence-corrected chi connectivity index (χ2v) is 7.13. The molecule has 1 aromatic heterocycles. The van der Waals surface area contributed by atoms with Crippen molar-refractivity contribution >= 4 is 0 Å². The minimum absolute atomic E-state index is 0.455. The van der Waals surface area contributed by atoms with Crippen molar-refractivity contribution in [3.8, 4) is 0 Å². The molecule has 18 heavy (non-hydrogen) atoms. The first-order chi connectivity index (χ1) is 8.52. The molecule has 3 atom stereocenters. The summed E-state index contributed by atoms with van der Waals surface area (Å²) in [4.78, 5) is 0. The third-order valence-corrected chi connectivity index (χ3v) is 5.57. The third kappa shape index (κ3) is 1.82. The Kier molecular flexibility index (Phi) is 2.81. The Bertz CT molecular complexity index is 404. The quantitative estimate of drug-likeness (QED) is 0.879. The Morgan fingerprint density at radius 3 is 2.83 bits per heavy atom. The molecule has 0 saturated heterocycles. The lowest BCUT2D eigenvalue weighted by Crippen LogP contribution is -2.50. The molecule has 100 valence electrons. The summed E-state index contributed by atoms with van der Waals surface area (Å²) in [5, 5.41) is 3.82. The number of furan rings is 1. The van der Waals surface area contributed by atoms with Crippen LogP contribution >= 0.6 is 0 Å². The van der Waals surface area contributed by atoms with Gasteiger partial charge in [-0.1, -0.05) is 20.8 Å². The van der Waals surface area contributed by atoms with Crippen LogP contribution in [0.2, 0.25) is 0 Å². The highest BCUT2D eigenvalue weighted by Gasteiger charge is 2.58. The lowest BCUT2D eigenvalue weighted by Gasteiger charge is -2.43. The molecule has 0 aliphatic heterocycles. The standard InChI is InChI=1S/C16H25NO/c1-15(2)12-6-8-16(3,11-12)14(15)17-9-7-13-5-4-10-18-13/h4-5,10,12,14,17H,6-9,11H2,1-3H3. The van der Waals surface area contributed by atoms with Gasteiger partial charge in [0.05, 0.1) is 6.26 Å². The van der Waals surface area contributed by atoms with E-state index in [4.69, 9.17) is 4.42 Å². The van der Waals surface area contributed by atoms with E-state index in [1.54, 1.807) is 6.26 Å². The van der Waals surface area contributed by atoms with E-state index in [1.165, 1.54) is 19.3 Å². The Balaban J connectivity index is 1.62. The molecule has 0 aromatic carbocycles. The maximum Gasteiger partial charge on any atom is 0.105 e. The lowest BCUT2D eigenvalue weighted by molar-refractivity contribution is 0.109. The fourth-order valence-corrected chi connectivity index (χ4v) is 4.61.